The Morgan fingerprint density at radius 1 is 0.862 bits per heavy atom. The van der Waals surface area contributed by atoms with Crippen LogP contribution in [0.15, 0.2) is 85.1 Å². The Morgan fingerprint density at radius 3 is 2.17 bits per heavy atom. The van der Waals surface area contributed by atoms with E-state index in [1.54, 1.807) is 6.20 Å². The number of benzene rings is 2. The van der Waals surface area contributed by atoms with Crippen LogP contribution in [0.2, 0.25) is 0 Å². The Hall–Kier alpha value is -3.67. The summed E-state index contributed by atoms with van der Waals surface area (Å²) in [7, 11) is 0. The molecule has 0 bridgehead atoms. The van der Waals surface area contributed by atoms with Crippen LogP contribution in [0.4, 0.5) is 4.79 Å². The van der Waals surface area contributed by atoms with Gasteiger partial charge in [0.05, 0.1) is 12.2 Å². The van der Waals surface area contributed by atoms with Crippen molar-refractivity contribution in [2.24, 2.45) is 0 Å². The maximum Gasteiger partial charge on any atom is 0.408 e. The van der Waals surface area contributed by atoms with Crippen LogP contribution >= 0.6 is 0 Å². The summed E-state index contributed by atoms with van der Waals surface area (Å²) in [4.78, 5) is 29.2. The second kappa shape index (κ2) is 10.6. The van der Waals surface area contributed by atoms with Crippen molar-refractivity contribution in [2.45, 2.75) is 25.6 Å². The number of hydrogen-bond acceptors (Lipinski definition) is 4. The molecule has 1 heterocycles. The van der Waals surface area contributed by atoms with Gasteiger partial charge in [-0.3, -0.25) is 9.78 Å². The van der Waals surface area contributed by atoms with Crippen LogP contribution in [-0.4, -0.2) is 23.0 Å². The van der Waals surface area contributed by atoms with Gasteiger partial charge in [0.1, 0.15) is 12.6 Å². The fraction of sp³-hybridized carbons (Fsp3) is 0.174. The molecule has 2 N–H and O–H groups in total. The Labute approximate surface area is 169 Å². The van der Waals surface area contributed by atoms with Gasteiger partial charge in [0, 0.05) is 12.6 Å². The van der Waals surface area contributed by atoms with E-state index in [2.05, 4.69) is 15.6 Å². The second-order valence-electron chi connectivity index (χ2n) is 6.49. The molecule has 0 saturated heterocycles. The average Bonchev–Trinajstić information content (AvgIpc) is 2.78. The summed E-state index contributed by atoms with van der Waals surface area (Å²) in [6.07, 6.45) is 1.39. The van der Waals surface area contributed by atoms with Crippen LogP contribution < -0.4 is 10.6 Å². The summed E-state index contributed by atoms with van der Waals surface area (Å²) in [6, 6.07) is 23.6. The zero-order valence-corrected chi connectivity index (χ0v) is 16.0. The number of rotatable bonds is 8. The van der Waals surface area contributed by atoms with Crippen LogP contribution in [0, 0.1) is 0 Å². The number of carbonyl (C=O) groups is 2. The fourth-order valence-electron chi connectivity index (χ4n) is 2.77. The molecule has 29 heavy (non-hydrogen) atoms. The van der Waals surface area contributed by atoms with Crippen LogP contribution in [0.5, 0.6) is 0 Å². The maximum absolute atomic E-state index is 12.7. The first-order valence-electron chi connectivity index (χ1n) is 9.39. The van der Waals surface area contributed by atoms with Gasteiger partial charge in [-0.25, -0.2) is 4.79 Å². The summed E-state index contributed by atoms with van der Waals surface area (Å²) >= 11 is 0. The lowest BCUT2D eigenvalue weighted by Crippen LogP contribution is -2.48. The van der Waals surface area contributed by atoms with Gasteiger partial charge in [0.15, 0.2) is 0 Å². The predicted octanol–water partition coefficient (Wildman–Crippen LogP) is 3.24. The zero-order chi connectivity index (χ0) is 20.3. The van der Waals surface area contributed by atoms with Gasteiger partial charge in [-0.15, -0.1) is 0 Å². The van der Waals surface area contributed by atoms with Crippen molar-refractivity contribution in [3.8, 4) is 0 Å². The number of carbonyl (C=O) groups excluding carboxylic acids is 2. The minimum absolute atomic E-state index is 0.139. The van der Waals surface area contributed by atoms with Crippen molar-refractivity contribution in [2.75, 3.05) is 0 Å². The van der Waals surface area contributed by atoms with E-state index < -0.39 is 12.1 Å². The Morgan fingerprint density at radius 2 is 1.52 bits per heavy atom. The van der Waals surface area contributed by atoms with E-state index in [-0.39, 0.29) is 19.1 Å². The molecule has 6 nitrogen and oxygen atoms in total. The summed E-state index contributed by atoms with van der Waals surface area (Å²) in [5.74, 6) is -0.295. The van der Waals surface area contributed by atoms with Gasteiger partial charge in [-0.2, -0.15) is 0 Å². The topological polar surface area (TPSA) is 80.3 Å². The van der Waals surface area contributed by atoms with E-state index in [0.29, 0.717) is 6.42 Å². The van der Waals surface area contributed by atoms with Crippen molar-refractivity contribution < 1.29 is 14.3 Å². The molecule has 1 aromatic heterocycles. The standard InChI is InChI=1S/C23H23N3O3/c27-22(25-16-20-13-7-8-14-24-20)21(15-18-9-3-1-4-10-18)26-23(28)29-17-19-11-5-2-6-12-19/h1-14,21H,15-17H2,(H,25,27)(H,26,28)/t21-/m1/s1. The number of alkyl carbamates (subject to hydrolysis) is 1. The normalized spacial score (nSPS) is 11.3. The molecule has 1 atom stereocenters. The van der Waals surface area contributed by atoms with Gasteiger partial charge in [-0.1, -0.05) is 66.7 Å². The highest BCUT2D eigenvalue weighted by molar-refractivity contribution is 5.85. The molecule has 0 aliphatic heterocycles. The molecule has 0 saturated carbocycles. The molecular weight excluding hydrogens is 366 g/mol. The highest BCUT2D eigenvalue weighted by Crippen LogP contribution is 2.06. The summed E-state index contributed by atoms with van der Waals surface area (Å²) in [5, 5.41) is 5.50. The lowest BCUT2D eigenvalue weighted by molar-refractivity contribution is -0.123. The van der Waals surface area contributed by atoms with Crippen LogP contribution in [0.1, 0.15) is 16.8 Å². The molecule has 148 valence electrons. The lowest BCUT2D eigenvalue weighted by Gasteiger charge is -2.18. The third-order valence-corrected chi connectivity index (χ3v) is 4.27. The Kier molecular flexibility index (Phi) is 7.34. The molecule has 0 aliphatic rings. The first-order chi connectivity index (χ1) is 14.2. The molecule has 2 aromatic carbocycles. The maximum atomic E-state index is 12.7. The highest BCUT2D eigenvalue weighted by Gasteiger charge is 2.22. The Bertz CT molecular complexity index is 902. The van der Waals surface area contributed by atoms with Gasteiger partial charge in [-0.05, 0) is 23.3 Å². The quantitative estimate of drug-likeness (QED) is 0.620. The van der Waals surface area contributed by atoms with Crippen molar-refractivity contribution in [1.82, 2.24) is 15.6 Å². The number of ether oxygens (including phenoxy) is 1. The monoisotopic (exact) mass is 389 g/mol. The van der Waals surface area contributed by atoms with E-state index in [0.717, 1.165) is 16.8 Å². The van der Waals surface area contributed by atoms with E-state index in [9.17, 15) is 9.59 Å². The third-order valence-electron chi connectivity index (χ3n) is 4.27. The number of hydrogen-bond donors (Lipinski definition) is 2. The predicted molar refractivity (Wildman–Crippen MR) is 110 cm³/mol. The SMILES string of the molecule is O=C(N[C@H](Cc1ccccc1)C(=O)NCc1ccccn1)OCc1ccccc1. The molecular formula is C23H23N3O3. The highest BCUT2D eigenvalue weighted by atomic mass is 16.5. The molecule has 6 heteroatoms. The molecule has 0 fully saturated rings. The third kappa shape index (κ3) is 6.77. The fourth-order valence-corrected chi connectivity index (χ4v) is 2.77. The number of nitrogens with zero attached hydrogens (tertiary/aromatic N) is 1. The van der Waals surface area contributed by atoms with Crippen LogP contribution in [0.3, 0.4) is 0 Å². The number of pyridine rings is 1. The smallest absolute Gasteiger partial charge is 0.408 e. The molecule has 0 spiro atoms. The Balaban J connectivity index is 1.60. The van der Waals surface area contributed by atoms with Crippen molar-refractivity contribution in [3.63, 3.8) is 0 Å². The summed E-state index contributed by atoms with van der Waals surface area (Å²) in [6.45, 7) is 0.423. The number of amides is 2. The van der Waals surface area contributed by atoms with E-state index in [1.807, 2.05) is 78.9 Å². The molecule has 3 aromatic rings. The van der Waals surface area contributed by atoms with Crippen LogP contribution in [-0.2, 0) is 29.1 Å². The lowest BCUT2D eigenvalue weighted by atomic mass is 10.1. The summed E-state index contributed by atoms with van der Waals surface area (Å²) in [5.41, 5.74) is 2.56. The molecule has 2 amide bonds. The van der Waals surface area contributed by atoms with E-state index in [4.69, 9.17) is 4.74 Å². The molecule has 0 radical (unpaired) electrons. The average molecular weight is 389 g/mol. The second-order valence-corrected chi connectivity index (χ2v) is 6.49. The summed E-state index contributed by atoms with van der Waals surface area (Å²) < 4.78 is 5.27. The number of aromatic nitrogens is 1. The van der Waals surface area contributed by atoms with Crippen LogP contribution in [0.25, 0.3) is 0 Å². The van der Waals surface area contributed by atoms with Crippen molar-refractivity contribution in [1.29, 1.82) is 0 Å². The van der Waals surface area contributed by atoms with Crippen molar-refractivity contribution >= 4 is 12.0 Å². The van der Waals surface area contributed by atoms with E-state index >= 15 is 0 Å². The minimum Gasteiger partial charge on any atom is -0.445 e. The van der Waals surface area contributed by atoms with Crippen molar-refractivity contribution in [3.05, 3.63) is 102 Å². The minimum atomic E-state index is -0.760. The first kappa shape index (κ1) is 20.1. The molecule has 3 rings (SSSR count). The molecule has 0 unspecified atom stereocenters. The van der Waals surface area contributed by atoms with E-state index in [1.165, 1.54) is 0 Å². The van der Waals surface area contributed by atoms with Gasteiger partial charge in [0.2, 0.25) is 5.91 Å². The van der Waals surface area contributed by atoms with Gasteiger partial charge >= 0.3 is 6.09 Å². The zero-order valence-electron chi connectivity index (χ0n) is 16.0. The number of nitrogens with one attached hydrogen (secondary N) is 2. The largest absolute Gasteiger partial charge is 0.445 e. The molecule has 0 aliphatic carbocycles. The van der Waals surface area contributed by atoms with Gasteiger partial charge < -0.3 is 15.4 Å². The van der Waals surface area contributed by atoms with Gasteiger partial charge in [0.25, 0.3) is 0 Å². The first-order valence-corrected chi connectivity index (χ1v) is 9.39.